The smallest absolute Gasteiger partial charge is 0.275 e. The van der Waals surface area contributed by atoms with Crippen molar-refractivity contribution in [1.82, 2.24) is 24.7 Å². The van der Waals surface area contributed by atoms with Crippen molar-refractivity contribution in [3.63, 3.8) is 0 Å². The van der Waals surface area contributed by atoms with E-state index in [1.54, 1.807) is 54.4 Å². The van der Waals surface area contributed by atoms with Crippen molar-refractivity contribution in [3.05, 3.63) is 66.6 Å². The summed E-state index contributed by atoms with van der Waals surface area (Å²) in [6.07, 6.45) is 6.99. The van der Waals surface area contributed by atoms with Gasteiger partial charge in [-0.05, 0) is 49.2 Å². The van der Waals surface area contributed by atoms with Gasteiger partial charge < -0.3 is 14.6 Å². The molecule has 0 radical (unpaired) electrons. The molecule has 150 valence electrons. The van der Waals surface area contributed by atoms with Crippen LogP contribution in [0.3, 0.4) is 0 Å². The van der Waals surface area contributed by atoms with Gasteiger partial charge in [0.1, 0.15) is 17.8 Å². The van der Waals surface area contributed by atoms with Gasteiger partial charge in [-0.25, -0.2) is 9.97 Å². The van der Waals surface area contributed by atoms with E-state index in [-0.39, 0.29) is 11.6 Å². The highest BCUT2D eigenvalue weighted by Gasteiger charge is 2.29. The van der Waals surface area contributed by atoms with E-state index < -0.39 is 0 Å². The summed E-state index contributed by atoms with van der Waals surface area (Å²) in [6, 6.07) is 10.7. The van der Waals surface area contributed by atoms with Gasteiger partial charge in [-0.3, -0.25) is 9.36 Å². The first-order valence-corrected chi connectivity index (χ1v) is 9.50. The molecule has 1 saturated carbocycles. The first-order chi connectivity index (χ1) is 14.7. The molecule has 30 heavy (non-hydrogen) atoms. The molecule has 4 aromatic rings. The Hall–Kier alpha value is -4.01. The van der Waals surface area contributed by atoms with Crippen LogP contribution in [0.1, 0.15) is 35.1 Å². The van der Waals surface area contributed by atoms with E-state index in [0.717, 1.165) is 18.7 Å². The summed E-state index contributed by atoms with van der Waals surface area (Å²) in [5, 5.41) is 6.88. The number of methoxy groups -OCH3 is 1. The standard InChI is InChI=1S/C21H18N6O3/c1-29-15-8-6-14(7-9-15)24-20(28)17-11-27(12-23-17)19-16(3-2-10-22-19)21-25-18(26-30-21)13-4-5-13/h2-3,6-13H,4-5H2,1H3,(H,24,28). The minimum absolute atomic E-state index is 0.256. The number of rotatable bonds is 6. The van der Waals surface area contributed by atoms with Crippen LogP contribution >= 0.6 is 0 Å². The Labute approximate surface area is 171 Å². The van der Waals surface area contributed by atoms with Gasteiger partial charge in [-0.1, -0.05) is 5.16 Å². The summed E-state index contributed by atoms with van der Waals surface area (Å²) in [5.41, 5.74) is 1.58. The summed E-state index contributed by atoms with van der Waals surface area (Å²) in [5.74, 6) is 2.46. The maximum Gasteiger partial charge on any atom is 0.275 e. The molecule has 1 aliphatic carbocycles. The van der Waals surface area contributed by atoms with Gasteiger partial charge in [0, 0.05) is 24.0 Å². The van der Waals surface area contributed by atoms with Gasteiger partial charge >= 0.3 is 0 Å². The Morgan fingerprint density at radius 3 is 2.80 bits per heavy atom. The molecule has 9 heteroatoms. The van der Waals surface area contributed by atoms with Crippen LogP contribution in [0.4, 0.5) is 5.69 Å². The maximum absolute atomic E-state index is 12.6. The lowest BCUT2D eigenvalue weighted by atomic mass is 10.2. The van der Waals surface area contributed by atoms with Crippen LogP contribution in [0.25, 0.3) is 17.3 Å². The molecule has 0 atom stereocenters. The number of carbonyl (C=O) groups excluding carboxylic acids is 1. The molecule has 5 rings (SSSR count). The van der Waals surface area contributed by atoms with Gasteiger partial charge in [0.25, 0.3) is 11.8 Å². The third-order valence-corrected chi connectivity index (χ3v) is 4.81. The zero-order chi connectivity index (χ0) is 20.5. The third kappa shape index (κ3) is 3.52. The minimum Gasteiger partial charge on any atom is -0.497 e. The lowest BCUT2D eigenvalue weighted by Gasteiger charge is -2.05. The number of benzene rings is 1. The number of hydrogen-bond acceptors (Lipinski definition) is 7. The Morgan fingerprint density at radius 2 is 2.03 bits per heavy atom. The van der Waals surface area contributed by atoms with Crippen LogP contribution < -0.4 is 10.1 Å². The number of nitrogens with one attached hydrogen (secondary N) is 1. The normalized spacial score (nSPS) is 13.2. The first kappa shape index (κ1) is 18.0. The highest BCUT2D eigenvalue weighted by molar-refractivity contribution is 6.02. The topological polar surface area (TPSA) is 108 Å². The molecule has 0 aliphatic heterocycles. The molecule has 3 heterocycles. The van der Waals surface area contributed by atoms with Crippen molar-refractivity contribution < 1.29 is 14.1 Å². The number of ether oxygens (including phenoxy) is 1. The molecule has 1 fully saturated rings. The predicted octanol–water partition coefficient (Wildman–Crippen LogP) is 3.46. The van der Waals surface area contributed by atoms with E-state index in [1.807, 2.05) is 6.07 Å². The number of anilines is 1. The van der Waals surface area contributed by atoms with E-state index in [1.165, 1.54) is 6.33 Å². The van der Waals surface area contributed by atoms with Gasteiger partial charge in [-0.2, -0.15) is 4.98 Å². The highest BCUT2D eigenvalue weighted by Crippen LogP contribution is 2.39. The van der Waals surface area contributed by atoms with Gasteiger partial charge in [-0.15, -0.1) is 0 Å². The zero-order valence-corrected chi connectivity index (χ0v) is 16.1. The van der Waals surface area contributed by atoms with Crippen LogP contribution in [-0.2, 0) is 0 Å². The van der Waals surface area contributed by atoms with Gasteiger partial charge in [0.15, 0.2) is 11.6 Å². The third-order valence-electron chi connectivity index (χ3n) is 4.81. The average Bonchev–Trinajstić information content (AvgIpc) is 3.31. The van der Waals surface area contributed by atoms with Crippen molar-refractivity contribution >= 4 is 11.6 Å². The molecule has 0 bridgehead atoms. The SMILES string of the molecule is COc1ccc(NC(=O)c2cn(-c3ncccc3-c3nc(C4CC4)no3)cn2)cc1. The molecule has 1 aromatic carbocycles. The second-order valence-electron chi connectivity index (χ2n) is 6.96. The maximum atomic E-state index is 12.6. The summed E-state index contributed by atoms with van der Waals surface area (Å²) in [4.78, 5) is 25.7. The van der Waals surface area contributed by atoms with Crippen molar-refractivity contribution in [2.24, 2.45) is 0 Å². The van der Waals surface area contributed by atoms with E-state index in [0.29, 0.717) is 34.6 Å². The summed E-state index contributed by atoms with van der Waals surface area (Å²) in [6.45, 7) is 0. The molecule has 0 saturated heterocycles. The lowest BCUT2D eigenvalue weighted by Crippen LogP contribution is -2.12. The Balaban J connectivity index is 1.39. The Bertz CT molecular complexity index is 1190. The fourth-order valence-electron chi connectivity index (χ4n) is 3.05. The summed E-state index contributed by atoms with van der Waals surface area (Å²) in [7, 11) is 1.59. The lowest BCUT2D eigenvalue weighted by molar-refractivity contribution is 0.102. The quantitative estimate of drug-likeness (QED) is 0.526. The molecule has 9 nitrogen and oxygen atoms in total. The fraction of sp³-hybridized carbons (Fsp3) is 0.190. The second kappa shape index (κ2) is 7.43. The molecular weight excluding hydrogens is 384 g/mol. The number of nitrogens with zero attached hydrogens (tertiary/aromatic N) is 5. The fourth-order valence-corrected chi connectivity index (χ4v) is 3.05. The van der Waals surface area contributed by atoms with Crippen LogP contribution in [0.15, 0.2) is 59.6 Å². The van der Waals surface area contributed by atoms with E-state index >= 15 is 0 Å². The van der Waals surface area contributed by atoms with Crippen LogP contribution in [0.5, 0.6) is 5.75 Å². The molecular formula is C21H18N6O3. The number of imidazole rings is 1. The minimum atomic E-state index is -0.329. The molecule has 1 aliphatic rings. The molecule has 1 amide bonds. The predicted molar refractivity (Wildman–Crippen MR) is 108 cm³/mol. The van der Waals surface area contributed by atoms with E-state index in [2.05, 4.69) is 25.4 Å². The molecule has 1 N–H and O–H groups in total. The Morgan fingerprint density at radius 1 is 1.20 bits per heavy atom. The summed E-state index contributed by atoms with van der Waals surface area (Å²) < 4.78 is 12.2. The van der Waals surface area contributed by atoms with E-state index in [4.69, 9.17) is 9.26 Å². The second-order valence-corrected chi connectivity index (χ2v) is 6.96. The molecule has 0 spiro atoms. The van der Waals surface area contributed by atoms with Crippen LogP contribution in [0.2, 0.25) is 0 Å². The largest absolute Gasteiger partial charge is 0.497 e. The van der Waals surface area contributed by atoms with Crippen molar-refractivity contribution in [2.45, 2.75) is 18.8 Å². The first-order valence-electron chi connectivity index (χ1n) is 9.50. The van der Waals surface area contributed by atoms with Crippen LogP contribution in [0, 0.1) is 0 Å². The van der Waals surface area contributed by atoms with Crippen molar-refractivity contribution in [1.29, 1.82) is 0 Å². The highest BCUT2D eigenvalue weighted by atomic mass is 16.5. The van der Waals surface area contributed by atoms with Gasteiger partial charge in [0.2, 0.25) is 0 Å². The van der Waals surface area contributed by atoms with Gasteiger partial charge in [0.05, 0.1) is 12.7 Å². The Kier molecular flexibility index (Phi) is 4.47. The zero-order valence-electron chi connectivity index (χ0n) is 16.1. The summed E-state index contributed by atoms with van der Waals surface area (Å²) >= 11 is 0. The number of pyridine rings is 1. The van der Waals surface area contributed by atoms with Crippen molar-refractivity contribution in [3.8, 4) is 23.0 Å². The van der Waals surface area contributed by atoms with Crippen molar-refractivity contribution in [2.75, 3.05) is 12.4 Å². The molecule has 3 aromatic heterocycles. The van der Waals surface area contributed by atoms with Crippen LogP contribution in [-0.4, -0.2) is 37.7 Å². The number of amides is 1. The average molecular weight is 402 g/mol. The number of hydrogen-bond donors (Lipinski definition) is 1. The number of aromatic nitrogens is 5. The van der Waals surface area contributed by atoms with E-state index in [9.17, 15) is 4.79 Å². The monoisotopic (exact) mass is 402 g/mol. The molecule has 0 unspecified atom stereocenters. The number of carbonyl (C=O) groups is 1.